The van der Waals surface area contributed by atoms with Crippen LogP contribution in [0.5, 0.6) is 0 Å². The van der Waals surface area contributed by atoms with E-state index in [2.05, 4.69) is 0 Å². The molecule has 0 spiro atoms. The van der Waals surface area contributed by atoms with E-state index in [1.807, 2.05) is 30.5 Å². The molecule has 0 bridgehead atoms. The number of amides is 1. The molecule has 5 heteroatoms. The summed E-state index contributed by atoms with van der Waals surface area (Å²) < 4.78 is 0. The van der Waals surface area contributed by atoms with Crippen molar-refractivity contribution in [2.75, 3.05) is 12.8 Å². The molecule has 1 aromatic carbocycles. The quantitative estimate of drug-likeness (QED) is 0.924. The first-order valence-corrected chi connectivity index (χ1v) is 8.03. The van der Waals surface area contributed by atoms with Gasteiger partial charge in [-0.3, -0.25) is 0 Å². The Kier molecular flexibility index (Phi) is 4.99. The monoisotopic (exact) mass is 299 g/mol. The first-order chi connectivity index (χ1) is 9.10. The third-order valence-corrected chi connectivity index (χ3v) is 4.93. The topological polar surface area (TPSA) is 40.5 Å². The summed E-state index contributed by atoms with van der Waals surface area (Å²) in [7, 11) is 0. The zero-order chi connectivity index (χ0) is 13.8. The zero-order valence-electron chi connectivity index (χ0n) is 10.9. The lowest BCUT2D eigenvalue weighted by molar-refractivity contribution is 0.108. The number of carboxylic acid groups (broad SMARTS) is 1. The molecule has 0 aromatic heterocycles. The lowest BCUT2D eigenvalue weighted by Crippen LogP contribution is -2.48. The Morgan fingerprint density at radius 2 is 2.11 bits per heavy atom. The number of likely N-dealkylation sites (tertiary alicyclic amines) is 1. The van der Waals surface area contributed by atoms with E-state index >= 15 is 0 Å². The van der Waals surface area contributed by atoms with Gasteiger partial charge >= 0.3 is 6.09 Å². The fraction of sp³-hybridized carbons (Fsp3) is 0.500. The fourth-order valence-electron chi connectivity index (χ4n) is 2.53. The van der Waals surface area contributed by atoms with Gasteiger partial charge in [0, 0.05) is 22.9 Å². The number of halogens is 1. The molecular weight excluding hydrogens is 282 g/mol. The Hall–Kier alpha value is -0.870. The molecular formula is C14H18ClNO2S. The maximum absolute atomic E-state index is 11.4. The molecule has 1 aliphatic rings. The van der Waals surface area contributed by atoms with Crippen LogP contribution in [-0.4, -0.2) is 40.2 Å². The van der Waals surface area contributed by atoms with Gasteiger partial charge in [-0.15, -0.1) is 0 Å². The summed E-state index contributed by atoms with van der Waals surface area (Å²) in [5.74, 6) is 0. The maximum Gasteiger partial charge on any atom is 0.407 e. The first-order valence-electron chi connectivity index (χ1n) is 6.37. The van der Waals surface area contributed by atoms with Crippen LogP contribution < -0.4 is 0 Å². The van der Waals surface area contributed by atoms with E-state index in [0.29, 0.717) is 16.8 Å². The van der Waals surface area contributed by atoms with Crippen LogP contribution in [0.25, 0.3) is 0 Å². The molecule has 104 valence electrons. The van der Waals surface area contributed by atoms with Gasteiger partial charge in [0.25, 0.3) is 0 Å². The van der Waals surface area contributed by atoms with Crippen molar-refractivity contribution in [1.29, 1.82) is 0 Å². The van der Waals surface area contributed by atoms with Crippen LogP contribution in [0.3, 0.4) is 0 Å². The highest BCUT2D eigenvalue weighted by atomic mass is 35.5. The Balaban J connectivity index is 2.05. The third kappa shape index (κ3) is 3.80. The van der Waals surface area contributed by atoms with E-state index in [9.17, 15) is 9.90 Å². The highest BCUT2D eigenvalue weighted by Gasteiger charge is 2.31. The van der Waals surface area contributed by atoms with Gasteiger partial charge in [-0.05, 0) is 43.2 Å². The minimum atomic E-state index is -0.808. The van der Waals surface area contributed by atoms with E-state index in [1.54, 1.807) is 16.7 Å². The number of piperidine rings is 1. The Morgan fingerprint density at radius 3 is 2.68 bits per heavy atom. The van der Waals surface area contributed by atoms with Gasteiger partial charge in [0.15, 0.2) is 0 Å². The van der Waals surface area contributed by atoms with E-state index in [0.717, 1.165) is 24.8 Å². The van der Waals surface area contributed by atoms with Crippen molar-refractivity contribution < 1.29 is 9.90 Å². The van der Waals surface area contributed by atoms with Gasteiger partial charge in [0.05, 0.1) is 0 Å². The third-order valence-electron chi connectivity index (χ3n) is 3.63. The van der Waals surface area contributed by atoms with E-state index < -0.39 is 6.09 Å². The predicted octanol–water partition coefficient (Wildman–Crippen LogP) is 3.76. The van der Waals surface area contributed by atoms with Crippen molar-refractivity contribution in [3.05, 3.63) is 34.9 Å². The van der Waals surface area contributed by atoms with Crippen molar-refractivity contribution in [2.45, 2.75) is 30.6 Å². The van der Waals surface area contributed by atoms with Crippen LogP contribution in [0, 0.1) is 0 Å². The van der Waals surface area contributed by atoms with Gasteiger partial charge in [0.2, 0.25) is 0 Å². The highest BCUT2D eigenvalue weighted by Crippen LogP contribution is 2.27. The Bertz CT molecular complexity index is 438. The molecule has 1 aromatic rings. The number of nitrogens with zero attached hydrogens (tertiary/aromatic N) is 1. The molecule has 1 saturated heterocycles. The van der Waals surface area contributed by atoms with E-state index in [4.69, 9.17) is 11.6 Å². The SMILES string of the molecule is CS[C@@H]1CC[C@H](Cc2ccc(Cl)cc2)N(C(=O)O)C1. The molecule has 2 atom stereocenters. The normalized spacial score (nSPS) is 23.4. The minimum Gasteiger partial charge on any atom is -0.465 e. The molecule has 1 fully saturated rings. The summed E-state index contributed by atoms with van der Waals surface area (Å²) in [6.45, 7) is 0.634. The highest BCUT2D eigenvalue weighted by molar-refractivity contribution is 7.99. The number of thioether (sulfide) groups is 1. The molecule has 0 unspecified atom stereocenters. The van der Waals surface area contributed by atoms with Crippen LogP contribution in [-0.2, 0) is 6.42 Å². The second-order valence-corrected chi connectivity index (χ2v) is 6.43. The molecule has 1 amide bonds. The van der Waals surface area contributed by atoms with Crippen LogP contribution in [0.2, 0.25) is 5.02 Å². The Labute approximate surface area is 122 Å². The number of hydrogen-bond donors (Lipinski definition) is 1. The number of hydrogen-bond acceptors (Lipinski definition) is 2. The van der Waals surface area contributed by atoms with E-state index in [-0.39, 0.29) is 6.04 Å². The molecule has 0 saturated carbocycles. The van der Waals surface area contributed by atoms with Crippen molar-refractivity contribution in [1.82, 2.24) is 4.90 Å². The lowest BCUT2D eigenvalue weighted by Gasteiger charge is -2.37. The molecule has 0 aliphatic carbocycles. The summed E-state index contributed by atoms with van der Waals surface area (Å²) in [4.78, 5) is 13.0. The second kappa shape index (κ2) is 6.53. The summed E-state index contributed by atoms with van der Waals surface area (Å²) in [6.07, 6.45) is 4.02. The lowest BCUT2D eigenvalue weighted by atomic mass is 9.96. The fourth-order valence-corrected chi connectivity index (χ4v) is 3.33. The molecule has 3 nitrogen and oxygen atoms in total. The number of rotatable bonds is 3. The molecule has 1 aliphatic heterocycles. The molecule has 1 N–H and O–H groups in total. The van der Waals surface area contributed by atoms with Gasteiger partial charge in [-0.1, -0.05) is 23.7 Å². The average molecular weight is 300 g/mol. The number of benzene rings is 1. The molecule has 2 rings (SSSR count). The standard InChI is InChI=1S/C14H18ClNO2S/c1-19-13-7-6-12(16(9-13)14(17)18)8-10-2-4-11(15)5-3-10/h2-5,12-13H,6-9H2,1H3,(H,17,18)/t12-,13-/m1/s1. The van der Waals surface area contributed by atoms with Crippen molar-refractivity contribution in [3.63, 3.8) is 0 Å². The zero-order valence-corrected chi connectivity index (χ0v) is 12.5. The summed E-state index contributed by atoms with van der Waals surface area (Å²) in [5.41, 5.74) is 1.14. The second-order valence-electron chi connectivity index (χ2n) is 4.85. The van der Waals surface area contributed by atoms with Gasteiger partial charge in [-0.25, -0.2) is 4.79 Å². The van der Waals surface area contributed by atoms with Crippen molar-refractivity contribution >= 4 is 29.5 Å². The Morgan fingerprint density at radius 1 is 1.42 bits per heavy atom. The first kappa shape index (κ1) is 14.5. The number of carbonyl (C=O) groups is 1. The molecule has 19 heavy (non-hydrogen) atoms. The van der Waals surface area contributed by atoms with Crippen LogP contribution >= 0.6 is 23.4 Å². The summed E-state index contributed by atoms with van der Waals surface area (Å²) in [5, 5.41) is 10.5. The van der Waals surface area contributed by atoms with Gasteiger partial charge in [0.1, 0.15) is 0 Å². The summed E-state index contributed by atoms with van der Waals surface area (Å²) >= 11 is 7.62. The van der Waals surface area contributed by atoms with Crippen molar-refractivity contribution in [2.24, 2.45) is 0 Å². The smallest absolute Gasteiger partial charge is 0.407 e. The maximum atomic E-state index is 11.4. The van der Waals surface area contributed by atoms with Gasteiger partial charge in [-0.2, -0.15) is 11.8 Å². The van der Waals surface area contributed by atoms with Gasteiger partial charge < -0.3 is 10.0 Å². The van der Waals surface area contributed by atoms with Crippen LogP contribution in [0.4, 0.5) is 4.79 Å². The molecule has 0 radical (unpaired) electrons. The predicted molar refractivity (Wildman–Crippen MR) is 80.2 cm³/mol. The average Bonchev–Trinajstić information content (AvgIpc) is 2.41. The van der Waals surface area contributed by atoms with Crippen LogP contribution in [0.15, 0.2) is 24.3 Å². The van der Waals surface area contributed by atoms with Crippen molar-refractivity contribution in [3.8, 4) is 0 Å². The van der Waals surface area contributed by atoms with Crippen LogP contribution in [0.1, 0.15) is 18.4 Å². The minimum absolute atomic E-state index is 0.0853. The summed E-state index contributed by atoms with van der Waals surface area (Å²) in [6, 6.07) is 7.75. The largest absolute Gasteiger partial charge is 0.465 e. The molecule has 1 heterocycles. The van der Waals surface area contributed by atoms with E-state index in [1.165, 1.54) is 0 Å².